The van der Waals surface area contributed by atoms with Gasteiger partial charge >= 0.3 is 0 Å². The van der Waals surface area contributed by atoms with Gasteiger partial charge in [0.05, 0.1) is 5.75 Å². The molecular formula is C14H22N2O2S. The number of anilines is 1. The van der Waals surface area contributed by atoms with E-state index in [0.717, 1.165) is 31.2 Å². The predicted molar refractivity (Wildman–Crippen MR) is 78.1 cm³/mol. The van der Waals surface area contributed by atoms with Crippen molar-refractivity contribution in [2.45, 2.75) is 38.4 Å². The van der Waals surface area contributed by atoms with Gasteiger partial charge in [-0.3, -0.25) is 0 Å². The van der Waals surface area contributed by atoms with Crippen LogP contribution in [0.2, 0.25) is 0 Å². The third-order valence-corrected chi connectivity index (χ3v) is 5.04. The van der Waals surface area contributed by atoms with Gasteiger partial charge in [0.25, 0.3) is 0 Å². The molecule has 4 nitrogen and oxygen atoms in total. The molecule has 0 unspecified atom stereocenters. The Balaban J connectivity index is 1.90. The molecule has 0 saturated heterocycles. The van der Waals surface area contributed by atoms with Crippen molar-refractivity contribution < 1.29 is 8.42 Å². The monoisotopic (exact) mass is 282 g/mol. The van der Waals surface area contributed by atoms with Gasteiger partial charge in [0, 0.05) is 12.2 Å². The number of nitrogens with two attached hydrogens (primary N) is 1. The largest absolute Gasteiger partial charge is 0.399 e. The van der Waals surface area contributed by atoms with Crippen molar-refractivity contribution in [2.24, 2.45) is 5.41 Å². The van der Waals surface area contributed by atoms with Crippen molar-refractivity contribution in [1.29, 1.82) is 0 Å². The van der Waals surface area contributed by atoms with Crippen LogP contribution in [0.4, 0.5) is 5.69 Å². The lowest BCUT2D eigenvalue weighted by Crippen LogP contribution is -2.31. The summed E-state index contributed by atoms with van der Waals surface area (Å²) in [6, 6.07) is 6.97. The average molecular weight is 282 g/mol. The molecule has 3 N–H and O–H groups in total. The molecule has 0 atom stereocenters. The van der Waals surface area contributed by atoms with Crippen LogP contribution in [0.15, 0.2) is 24.3 Å². The van der Waals surface area contributed by atoms with E-state index < -0.39 is 10.0 Å². The quantitative estimate of drug-likeness (QED) is 0.754. The van der Waals surface area contributed by atoms with Gasteiger partial charge in [-0.15, -0.1) is 0 Å². The van der Waals surface area contributed by atoms with Crippen LogP contribution in [0.5, 0.6) is 0 Å². The van der Waals surface area contributed by atoms with Gasteiger partial charge in [0.15, 0.2) is 0 Å². The smallest absolute Gasteiger partial charge is 0.215 e. The number of sulfonamides is 1. The summed E-state index contributed by atoms with van der Waals surface area (Å²) in [6.07, 6.45) is 4.51. The molecular weight excluding hydrogens is 260 g/mol. The molecule has 2 rings (SSSR count). The van der Waals surface area contributed by atoms with Crippen LogP contribution >= 0.6 is 0 Å². The number of hydrogen-bond acceptors (Lipinski definition) is 3. The topological polar surface area (TPSA) is 72.2 Å². The Hall–Kier alpha value is -1.07. The van der Waals surface area contributed by atoms with Gasteiger partial charge in [-0.05, 0) is 42.4 Å². The van der Waals surface area contributed by atoms with Gasteiger partial charge in [0.2, 0.25) is 10.0 Å². The number of benzene rings is 1. The Kier molecular flexibility index (Phi) is 4.16. The van der Waals surface area contributed by atoms with Crippen LogP contribution < -0.4 is 10.5 Å². The van der Waals surface area contributed by atoms with Crippen molar-refractivity contribution in [3.8, 4) is 0 Å². The molecule has 0 aliphatic heterocycles. The molecule has 1 fully saturated rings. The Morgan fingerprint density at radius 2 is 1.89 bits per heavy atom. The Labute approximate surface area is 115 Å². The molecule has 1 aliphatic carbocycles. The third-order valence-electron chi connectivity index (χ3n) is 3.74. The van der Waals surface area contributed by atoms with E-state index in [0.29, 0.717) is 12.2 Å². The first kappa shape index (κ1) is 14.3. The van der Waals surface area contributed by atoms with Crippen molar-refractivity contribution in [3.05, 3.63) is 29.8 Å². The van der Waals surface area contributed by atoms with Gasteiger partial charge in [-0.25, -0.2) is 13.1 Å². The van der Waals surface area contributed by atoms with E-state index in [9.17, 15) is 8.42 Å². The first-order chi connectivity index (χ1) is 8.95. The molecule has 0 aromatic heterocycles. The normalized spacial score (nSPS) is 17.3. The molecule has 106 valence electrons. The molecule has 0 amide bonds. The van der Waals surface area contributed by atoms with Crippen LogP contribution in [0.3, 0.4) is 0 Å². The first-order valence-electron chi connectivity index (χ1n) is 6.76. The fourth-order valence-corrected chi connectivity index (χ4v) is 3.63. The summed E-state index contributed by atoms with van der Waals surface area (Å²) in [5, 5.41) is 0. The standard InChI is InChI=1S/C14H22N2O2S/c1-2-7-14(8-9-14)11-16-19(17,18)10-12-3-5-13(15)6-4-12/h3-6,16H,2,7-11,15H2,1H3. The zero-order chi connectivity index (χ0) is 13.9. The van der Waals surface area contributed by atoms with Crippen LogP contribution in [0.25, 0.3) is 0 Å². The van der Waals surface area contributed by atoms with E-state index in [-0.39, 0.29) is 11.2 Å². The summed E-state index contributed by atoms with van der Waals surface area (Å²) in [5.41, 5.74) is 7.23. The maximum absolute atomic E-state index is 12.0. The van der Waals surface area contributed by atoms with Gasteiger partial charge < -0.3 is 5.73 Å². The van der Waals surface area contributed by atoms with Crippen LogP contribution in [-0.4, -0.2) is 15.0 Å². The molecule has 1 aliphatic rings. The summed E-state index contributed by atoms with van der Waals surface area (Å²) < 4.78 is 26.8. The highest BCUT2D eigenvalue weighted by Gasteiger charge is 2.41. The summed E-state index contributed by atoms with van der Waals surface area (Å²) >= 11 is 0. The molecule has 0 radical (unpaired) electrons. The van der Waals surface area contributed by atoms with E-state index in [2.05, 4.69) is 11.6 Å². The number of nitrogens with one attached hydrogen (secondary N) is 1. The van der Waals surface area contributed by atoms with Gasteiger partial charge in [-0.2, -0.15) is 0 Å². The maximum atomic E-state index is 12.0. The fourth-order valence-electron chi connectivity index (χ4n) is 2.37. The number of nitrogen functional groups attached to an aromatic ring is 1. The zero-order valence-electron chi connectivity index (χ0n) is 11.4. The molecule has 0 spiro atoms. The molecule has 0 bridgehead atoms. The maximum Gasteiger partial charge on any atom is 0.215 e. The van der Waals surface area contributed by atoms with Crippen molar-refractivity contribution in [3.63, 3.8) is 0 Å². The molecule has 1 saturated carbocycles. The number of hydrogen-bond donors (Lipinski definition) is 2. The van der Waals surface area contributed by atoms with Crippen LogP contribution in [0.1, 0.15) is 38.2 Å². The Morgan fingerprint density at radius 3 is 2.42 bits per heavy atom. The molecule has 5 heteroatoms. The number of rotatable bonds is 7. The van der Waals surface area contributed by atoms with E-state index in [4.69, 9.17) is 5.73 Å². The molecule has 19 heavy (non-hydrogen) atoms. The minimum absolute atomic E-state index is 0.0233. The third kappa shape index (κ3) is 4.21. The van der Waals surface area contributed by atoms with Crippen LogP contribution in [0, 0.1) is 5.41 Å². The molecule has 1 aromatic rings. The van der Waals surface area contributed by atoms with E-state index in [1.165, 1.54) is 0 Å². The van der Waals surface area contributed by atoms with Crippen LogP contribution in [-0.2, 0) is 15.8 Å². The average Bonchev–Trinajstić information content (AvgIpc) is 3.11. The minimum atomic E-state index is -3.25. The lowest BCUT2D eigenvalue weighted by molar-refractivity contribution is 0.449. The van der Waals surface area contributed by atoms with Gasteiger partial charge in [-0.1, -0.05) is 25.5 Å². The predicted octanol–water partition coefficient (Wildman–Crippen LogP) is 2.27. The second-order valence-electron chi connectivity index (χ2n) is 5.57. The summed E-state index contributed by atoms with van der Waals surface area (Å²) in [5.74, 6) is 0.0233. The Morgan fingerprint density at radius 1 is 1.26 bits per heavy atom. The second kappa shape index (κ2) is 5.51. The van der Waals surface area contributed by atoms with Crippen molar-refractivity contribution in [1.82, 2.24) is 4.72 Å². The van der Waals surface area contributed by atoms with Crippen molar-refractivity contribution >= 4 is 15.7 Å². The van der Waals surface area contributed by atoms with Gasteiger partial charge in [0.1, 0.15) is 0 Å². The highest BCUT2D eigenvalue weighted by molar-refractivity contribution is 7.88. The summed E-state index contributed by atoms with van der Waals surface area (Å²) in [7, 11) is -3.25. The minimum Gasteiger partial charge on any atom is -0.399 e. The Bertz CT molecular complexity index is 519. The second-order valence-corrected chi connectivity index (χ2v) is 7.38. The molecule has 0 heterocycles. The van der Waals surface area contributed by atoms with E-state index in [1.54, 1.807) is 24.3 Å². The van der Waals surface area contributed by atoms with Crippen molar-refractivity contribution in [2.75, 3.05) is 12.3 Å². The van der Waals surface area contributed by atoms with E-state index >= 15 is 0 Å². The lowest BCUT2D eigenvalue weighted by atomic mass is 10.0. The summed E-state index contributed by atoms with van der Waals surface area (Å²) in [6.45, 7) is 2.72. The highest BCUT2D eigenvalue weighted by Crippen LogP contribution is 2.49. The first-order valence-corrected chi connectivity index (χ1v) is 8.42. The zero-order valence-corrected chi connectivity index (χ0v) is 12.2. The SMILES string of the molecule is CCCC1(CNS(=O)(=O)Cc2ccc(N)cc2)CC1. The highest BCUT2D eigenvalue weighted by atomic mass is 32.2. The molecule has 1 aromatic carbocycles. The fraction of sp³-hybridized carbons (Fsp3) is 0.571. The summed E-state index contributed by atoms with van der Waals surface area (Å²) in [4.78, 5) is 0. The van der Waals surface area contributed by atoms with E-state index in [1.807, 2.05) is 0 Å². The lowest BCUT2D eigenvalue weighted by Gasteiger charge is -2.15.